The normalized spacial score (nSPS) is 12.6. The fraction of sp³-hybridized carbons (Fsp3) is 0.500. The minimum Gasteiger partial charge on any atom is -0.397 e. The molecule has 0 aromatic heterocycles. The first-order valence-electron chi connectivity index (χ1n) is 5.44. The van der Waals surface area contributed by atoms with E-state index in [4.69, 9.17) is 5.73 Å². The highest BCUT2D eigenvalue weighted by Crippen LogP contribution is 2.30. The van der Waals surface area contributed by atoms with Gasteiger partial charge in [0.05, 0.1) is 15.8 Å². The molecule has 0 heterocycles. The average Bonchev–Trinajstić information content (AvgIpc) is 2.23. The van der Waals surface area contributed by atoms with Crippen molar-refractivity contribution in [3.8, 4) is 0 Å². The van der Waals surface area contributed by atoms with E-state index in [2.05, 4.69) is 29.8 Å². The molecule has 16 heavy (non-hydrogen) atoms. The molecule has 1 unspecified atom stereocenters. The molecule has 2 nitrogen and oxygen atoms in total. The lowest BCUT2D eigenvalue weighted by molar-refractivity contribution is 0.604. The Morgan fingerprint density at radius 2 is 2.12 bits per heavy atom. The molecule has 0 fully saturated rings. The Balaban J connectivity index is 2.99. The van der Waals surface area contributed by atoms with Crippen LogP contribution in [0.25, 0.3) is 0 Å². The van der Waals surface area contributed by atoms with Gasteiger partial charge >= 0.3 is 0 Å². The van der Waals surface area contributed by atoms with Crippen LogP contribution in [0.5, 0.6) is 0 Å². The molecule has 0 amide bonds. The van der Waals surface area contributed by atoms with Gasteiger partial charge in [0.25, 0.3) is 0 Å². The number of nitrogens with zero attached hydrogens (tertiary/aromatic N) is 1. The topological polar surface area (TPSA) is 29.3 Å². The molecule has 1 rings (SSSR count). The Morgan fingerprint density at radius 1 is 1.50 bits per heavy atom. The van der Waals surface area contributed by atoms with Gasteiger partial charge in [-0.05, 0) is 35.3 Å². The molecule has 2 N–H and O–H groups in total. The second kappa shape index (κ2) is 5.53. The van der Waals surface area contributed by atoms with Crippen LogP contribution in [-0.4, -0.2) is 13.1 Å². The second-order valence-corrected chi connectivity index (χ2v) is 4.93. The van der Waals surface area contributed by atoms with E-state index >= 15 is 0 Å². The van der Waals surface area contributed by atoms with E-state index in [1.54, 1.807) is 6.07 Å². The lowest BCUT2D eigenvalue weighted by Gasteiger charge is -2.28. The smallest absolute Gasteiger partial charge is 0.139 e. The van der Waals surface area contributed by atoms with Gasteiger partial charge in [-0.15, -0.1) is 0 Å². The van der Waals surface area contributed by atoms with Crippen molar-refractivity contribution in [2.45, 2.75) is 32.7 Å². The quantitative estimate of drug-likeness (QED) is 0.854. The predicted octanol–water partition coefficient (Wildman–Crippen LogP) is 3.80. The standard InChI is InChI=1S/C12H18BrFN2/c1-4-5-8(2)16(3)12-7-10(14)9(13)6-11(12)15/h6-8H,4-5,15H2,1-3H3. The minimum atomic E-state index is -0.278. The van der Waals surface area contributed by atoms with Crippen LogP contribution in [0.2, 0.25) is 0 Å². The van der Waals surface area contributed by atoms with Crippen LogP contribution in [0.4, 0.5) is 15.8 Å². The zero-order valence-electron chi connectivity index (χ0n) is 9.93. The van der Waals surface area contributed by atoms with Crippen LogP contribution in [0, 0.1) is 5.82 Å². The van der Waals surface area contributed by atoms with Crippen molar-refractivity contribution in [3.63, 3.8) is 0 Å². The zero-order chi connectivity index (χ0) is 12.3. The van der Waals surface area contributed by atoms with Gasteiger partial charge in [0, 0.05) is 19.2 Å². The van der Waals surface area contributed by atoms with Crippen LogP contribution in [0.15, 0.2) is 16.6 Å². The predicted molar refractivity (Wildman–Crippen MR) is 71.3 cm³/mol. The van der Waals surface area contributed by atoms with Crippen molar-refractivity contribution in [2.24, 2.45) is 0 Å². The van der Waals surface area contributed by atoms with Gasteiger partial charge in [-0.25, -0.2) is 4.39 Å². The Hall–Kier alpha value is -0.770. The Kier molecular flexibility index (Phi) is 4.59. The molecule has 4 heteroatoms. The summed E-state index contributed by atoms with van der Waals surface area (Å²) in [6, 6.07) is 3.44. The van der Waals surface area contributed by atoms with Crippen molar-refractivity contribution in [3.05, 3.63) is 22.4 Å². The van der Waals surface area contributed by atoms with Crippen molar-refractivity contribution >= 4 is 27.3 Å². The van der Waals surface area contributed by atoms with Crippen molar-refractivity contribution < 1.29 is 4.39 Å². The first-order chi connectivity index (χ1) is 7.47. The van der Waals surface area contributed by atoms with E-state index in [1.807, 2.05) is 11.9 Å². The molecule has 0 saturated carbocycles. The maximum absolute atomic E-state index is 13.4. The van der Waals surface area contributed by atoms with Crippen molar-refractivity contribution in [2.75, 3.05) is 17.7 Å². The lowest BCUT2D eigenvalue weighted by Crippen LogP contribution is -2.29. The molecule has 0 aliphatic carbocycles. The summed E-state index contributed by atoms with van der Waals surface area (Å²) in [5.74, 6) is -0.278. The Labute approximate surface area is 105 Å². The maximum atomic E-state index is 13.4. The number of anilines is 2. The number of hydrogen-bond acceptors (Lipinski definition) is 2. The molecule has 1 atom stereocenters. The van der Waals surface area contributed by atoms with E-state index < -0.39 is 0 Å². The number of nitrogen functional groups attached to an aromatic ring is 1. The zero-order valence-corrected chi connectivity index (χ0v) is 11.5. The van der Waals surface area contributed by atoms with Gasteiger partial charge in [0.2, 0.25) is 0 Å². The fourth-order valence-electron chi connectivity index (χ4n) is 1.71. The molecule has 0 aliphatic rings. The first kappa shape index (κ1) is 13.3. The Morgan fingerprint density at radius 3 is 2.69 bits per heavy atom. The summed E-state index contributed by atoms with van der Waals surface area (Å²) in [6.07, 6.45) is 2.16. The average molecular weight is 289 g/mol. The molecular formula is C12H18BrFN2. The number of benzene rings is 1. The second-order valence-electron chi connectivity index (χ2n) is 4.07. The molecule has 0 bridgehead atoms. The molecule has 0 radical (unpaired) electrons. The highest BCUT2D eigenvalue weighted by Gasteiger charge is 2.14. The maximum Gasteiger partial charge on any atom is 0.139 e. The summed E-state index contributed by atoms with van der Waals surface area (Å²) >= 11 is 3.12. The molecule has 0 aliphatic heterocycles. The molecule has 1 aromatic carbocycles. The molecule has 90 valence electrons. The number of rotatable bonds is 4. The van der Waals surface area contributed by atoms with E-state index in [0.717, 1.165) is 18.5 Å². The number of nitrogens with two attached hydrogens (primary N) is 1. The van der Waals surface area contributed by atoms with E-state index in [-0.39, 0.29) is 5.82 Å². The summed E-state index contributed by atoms with van der Waals surface area (Å²) in [7, 11) is 1.94. The van der Waals surface area contributed by atoms with Gasteiger partial charge in [-0.3, -0.25) is 0 Å². The van der Waals surface area contributed by atoms with Gasteiger partial charge in [0.1, 0.15) is 5.82 Å². The van der Waals surface area contributed by atoms with Crippen LogP contribution in [-0.2, 0) is 0 Å². The number of hydrogen-bond donors (Lipinski definition) is 1. The van der Waals surface area contributed by atoms with Crippen LogP contribution in [0.1, 0.15) is 26.7 Å². The summed E-state index contributed by atoms with van der Waals surface area (Å²) in [6.45, 7) is 4.25. The van der Waals surface area contributed by atoms with Crippen molar-refractivity contribution in [1.29, 1.82) is 0 Å². The van der Waals surface area contributed by atoms with Gasteiger partial charge < -0.3 is 10.6 Å². The van der Waals surface area contributed by atoms with E-state index in [0.29, 0.717) is 16.2 Å². The first-order valence-corrected chi connectivity index (χ1v) is 6.24. The van der Waals surface area contributed by atoms with Crippen LogP contribution < -0.4 is 10.6 Å². The molecule has 0 spiro atoms. The van der Waals surface area contributed by atoms with Gasteiger partial charge in [0.15, 0.2) is 0 Å². The molecule has 1 aromatic rings. The monoisotopic (exact) mass is 288 g/mol. The molecular weight excluding hydrogens is 271 g/mol. The van der Waals surface area contributed by atoms with E-state index in [9.17, 15) is 4.39 Å². The number of halogens is 2. The fourth-order valence-corrected chi connectivity index (χ4v) is 2.07. The third-order valence-corrected chi connectivity index (χ3v) is 3.42. The summed E-state index contributed by atoms with van der Waals surface area (Å²) in [5, 5.41) is 0. The largest absolute Gasteiger partial charge is 0.397 e. The minimum absolute atomic E-state index is 0.278. The third kappa shape index (κ3) is 2.88. The molecule has 0 saturated heterocycles. The van der Waals surface area contributed by atoms with Crippen LogP contribution >= 0.6 is 15.9 Å². The van der Waals surface area contributed by atoms with Crippen LogP contribution in [0.3, 0.4) is 0 Å². The summed E-state index contributed by atoms with van der Waals surface area (Å²) < 4.78 is 13.8. The Bertz CT molecular complexity index is 368. The summed E-state index contributed by atoms with van der Waals surface area (Å²) in [5.41, 5.74) is 7.23. The lowest BCUT2D eigenvalue weighted by atomic mass is 10.1. The van der Waals surface area contributed by atoms with E-state index in [1.165, 1.54) is 6.07 Å². The highest BCUT2D eigenvalue weighted by atomic mass is 79.9. The van der Waals surface area contributed by atoms with Gasteiger partial charge in [-0.1, -0.05) is 13.3 Å². The highest BCUT2D eigenvalue weighted by molar-refractivity contribution is 9.10. The summed E-state index contributed by atoms with van der Waals surface area (Å²) in [4.78, 5) is 2.02. The SMILES string of the molecule is CCCC(C)N(C)c1cc(F)c(Br)cc1N. The third-order valence-electron chi connectivity index (χ3n) is 2.82. The van der Waals surface area contributed by atoms with Gasteiger partial charge in [-0.2, -0.15) is 0 Å². The van der Waals surface area contributed by atoms with Crippen molar-refractivity contribution in [1.82, 2.24) is 0 Å².